The van der Waals surface area contributed by atoms with E-state index in [4.69, 9.17) is 4.74 Å². The number of methoxy groups -OCH3 is 1. The Morgan fingerprint density at radius 3 is 2.46 bits per heavy atom. The van der Waals surface area contributed by atoms with Crippen molar-refractivity contribution < 1.29 is 23.9 Å². The number of benzene rings is 1. The zero-order valence-corrected chi connectivity index (χ0v) is 16.1. The van der Waals surface area contributed by atoms with Crippen molar-refractivity contribution in [2.75, 3.05) is 20.3 Å². The maximum atomic E-state index is 12.2. The van der Waals surface area contributed by atoms with E-state index in [0.717, 1.165) is 4.90 Å². The second-order valence-corrected chi connectivity index (χ2v) is 6.41. The van der Waals surface area contributed by atoms with Gasteiger partial charge < -0.3 is 14.8 Å². The van der Waals surface area contributed by atoms with Crippen molar-refractivity contribution in [2.45, 2.75) is 6.92 Å². The van der Waals surface area contributed by atoms with Crippen molar-refractivity contribution in [2.24, 2.45) is 0 Å². The van der Waals surface area contributed by atoms with E-state index in [-0.39, 0.29) is 5.70 Å². The van der Waals surface area contributed by atoms with E-state index in [9.17, 15) is 14.4 Å². The van der Waals surface area contributed by atoms with Crippen LogP contribution in [0.2, 0.25) is 0 Å². The van der Waals surface area contributed by atoms with Crippen LogP contribution in [0.5, 0.6) is 5.75 Å². The lowest BCUT2D eigenvalue weighted by molar-refractivity contribution is -0.143. The molecule has 1 aliphatic rings. The van der Waals surface area contributed by atoms with Crippen LogP contribution in [0.25, 0.3) is 6.08 Å². The molecule has 1 aromatic carbocycles. The first kappa shape index (κ1) is 18.5. The lowest BCUT2D eigenvalue weighted by atomic mass is 10.2. The molecule has 3 amide bonds. The lowest BCUT2D eigenvalue weighted by Gasteiger charge is -2.10. The van der Waals surface area contributed by atoms with Gasteiger partial charge in [0.05, 0.1) is 22.7 Å². The van der Waals surface area contributed by atoms with E-state index in [1.165, 1.54) is 13.2 Å². The molecular weight excluding hydrogens is 448 g/mol. The van der Waals surface area contributed by atoms with Crippen LogP contribution in [-0.4, -0.2) is 43.1 Å². The smallest absolute Gasteiger partial charge is 0.329 e. The summed E-state index contributed by atoms with van der Waals surface area (Å²) in [6, 6.07) is 2.84. The molecule has 1 aromatic rings. The SMILES string of the molecule is CCOc1c(Br)cc(C=C2NC(=O)N(CC(=O)OC)C2=O)cc1Br. The Balaban J connectivity index is 2.27. The van der Waals surface area contributed by atoms with Crippen molar-refractivity contribution in [1.82, 2.24) is 10.2 Å². The maximum absolute atomic E-state index is 12.2. The number of ether oxygens (including phenoxy) is 2. The summed E-state index contributed by atoms with van der Waals surface area (Å²) in [5.74, 6) is -0.619. The first-order valence-corrected chi connectivity index (χ1v) is 8.49. The Morgan fingerprint density at radius 1 is 1.29 bits per heavy atom. The molecule has 7 nitrogen and oxygen atoms in total. The van der Waals surface area contributed by atoms with Crippen LogP contribution in [0.4, 0.5) is 4.79 Å². The number of amides is 3. The number of urea groups is 1. The van der Waals surface area contributed by atoms with E-state index >= 15 is 0 Å². The highest BCUT2D eigenvalue weighted by Crippen LogP contribution is 2.35. The Labute approximate surface area is 155 Å². The summed E-state index contributed by atoms with van der Waals surface area (Å²) in [4.78, 5) is 36.1. The molecule has 0 aliphatic carbocycles. The molecule has 1 saturated heterocycles. The number of rotatable bonds is 5. The predicted octanol–water partition coefficient (Wildman–Crippen LogP) is 2.68. The van der Waals surface area contributed by atoms with Crippen molar-refractivity contribution >= 4 is 55.8 Å². The van der Waals surface area contributed by atoms with Gasteiger partial charge in [-0.3, -0.25) is 9.59 Å². The van der Waals surface area contributed by atoms with Crippen LogP contribution in [0, 0.1) is 0 Å². The third-order valence-corrected chi connectivity index (χ3v) is 4.28. The van der Waals surface area contributed by atoms with E-state index in [2.05, 4.69) is 41.9 Å². The number of nitrogens with one attached hydrogen (secondary N) is 1. The molecule has 2 rings (SSSR count). The number of hydrogen-bond donors (Lipinski definition) is 1. The molecule has 1 fully saturated rings. The Kier molecular flexibility index (Phi) is 6.00. The maximum Gasteiger partial charge on any atom is 0.329 e. The molecular formula is C15H14Br2N2O5. The number of imide groups is 1. The summed E-state index contributed by atoms with van der Waals surface area (Å²) in [6.07, 6.45) is 1.52. The molecule has 128 valence electrons. The van der Waals surface area contributed by atoms with Gasteiger partial charge in [0, 0.05) is 0 Å². The van der Waals surface area contributed by atoms with Gasteiger partial charge in [0.25, 0.3) is 5.91 Å². The van der Waals surface area contributed by atoms with E-state index in [1.54, 1.807) is 12.1 Å². The Hall–Kier alpha value is -1.87. The number of nitrogens with zero attached hydrogens (tertiary/aromatic N) is 1. The van der Waals surface area contributed by atoms with Crippen LogP contribution in [0.3, 0.4) is 0 Å². The minimum Gasteiger partial charge on any atom is -0.492 e. The highest BCUT2D eigenvalue weighted by Gasteiger charge is 2.35. The predicted molar refractivity (Wildman–Crippen MR) is 93.2 cm³/mol. The van der Waals surface area contributed by atoms with Gasteiger partial charge in [-0.2, -0.15) is 0 Å². The number of hydrogen-bond acceptors (Lipinski definition) is 5. The highest BCUT2D eigenvalue weighted by atomic mass is 79.9. The fourth-order valence-corrected chi connectivity index (χ4v) is 3.47. The number of carbonyl (C=O) groups excluding carboxylic acids is 3. The highest BCUT2D eigenvalue weighted by molar-refractivity contribution is 9.11. The lowest BCUT2D eigenvalue weighted by Crippen LogP contribution is -2.36. The van der Waals surface area contributed by atoms with Gasteiger partial charge in [-0.25, -0.2) is 9.69 Å². The monoisotopic (exact) mass is 460 g/mol. The number of esters is 1. The van der Waals surface area contributed by atoms with Crippen molar-refractivity contribution in [3.63, 3.8) is 0 Å². The van der Waals surface area contributed by atoms with Crippen molar-refractivity contribution in [1.29, 1.82) is 0 Å². The van der Waals surface area contributed by atoms with Gasteiger partial charge in [-0.05, 0) is 62.6 Å². The van der Waals surface area contributed by atoms with Gasteiger partial charge in [0.2, 0.25) is 0 Å². The van der Waals surface area contributed by atoms with Crippen molar-refractivity contribution in [3.8, 4) is 5.75 Å². The molecule has 1 aliphatic heterocycles. The summed E-state index contributed by atoms with van der Waals surface area (Å²) >= 11 is 6.80. The molecule has 0 spiro atoms. The molecule has 9 heteroatoms. The fraction of sp³-hybridized carbons (Fsp3) is 0.267. The van der Waals surface area contributed by atoms with Gasteiger partial charge in [-0.15, -0.1) is 0 Å². The summed E-state index contributed by atoms with van der Waals surface area (Å²) in [7, 11) is 1.19. The molecule has 0 radical (unpaired) electrons. The van der Waals surface area contributed by atoms with Gasteiger partial charge >= 0.3 is 12.0 Å². The molecule has 1 heterocycles. The molecule has 1 N–H and O–H groups in total. The van der Waals surface area contributed by atoms with Gasteiger partial charge in [0.1, 0.15) is 18.0 Å². The average Bonchev–Trinajstić information content (AvgIpc) is 2.78. The van der Waals surface area contributed by atoms with E-state index < -0.39 is 24.5 Å². The third kappa shape index (κ3) is 3.96. The normalized spacial score (nSPS) is 15.7. The fourth-order valence-electron chi connectivity index (χ4n) is 2.02. The summed E-state index contributed by atoms with van der Waals surface area (Å²) in [5, 5.41) is 2.44. The summed E-state index contributed by atoms with van der Waals surface area (Å²) in [6.45, 7) is 1.95. The van der Waals surface area contributed by atoms with Crippen LogP contribution in [0.15, 0.2) is 26.8 Å². The Bertz CT molecular complexity index is 710. The molecule has 0 aromatic heterocycles. The minimum atomic E-state index is -0.675. The zero-order valence-electron chi connectivity index (χ0n) is 12.9. The average molecular weight is 462 g/mol. The molecule has 0 unspecified atom stereocenters. The number of halogens is 2. The molecule has 0 bridgehead atoms. The minimum absolute atomic E-state index is 0.0758. The summed E-state index contributed by atoms with van der Waals surface area (Å²) < 4.78 is 11.4. The second-order valence-electron chi connectivity index (χ2n) is 4.70. The first-order chi connectivity index (χ1) is 11.4. The van der Waals surface area contributed by atoms with Gasteiger partial charge in [0.15, 0.2) is 0 Å². The summed E-state index contributed by atoms with van der Waals surface area (Å²) in [5.41, 5.74) is 0.743. The standard InChI is InChI=1S/C15H14Br2N2O5/c1-3-24-13-9(16)4-8(5-10(13)17)6-11-14(21)19(15(22)18-11)7-12(20)23-2/h4-6H,3,7H2,1-2H3,(H,18,22). The van der Waals surface area contributed by atoms with E-state index in [0.29, 0.717) is 26.9 Å². The van der Waals surface area contributed by atoms with E-state index in [1.807, 2.05) is 6.92 Å². The second kappa shape index (κ2) is 7.80. The first-order valence-electron chi connectivity index (χ1n) is 6.90. The molecule has 0 saturated carbocycles. The quantitative estimate of drug-likeness (QED) is 0.414. The largest absolute Gasteiger partial charge is 0.492 e. The molecule has 24 heavy (non-hydrogen) atoms. The third-order valence-electron chi connectivity index (χ3n) is 3.10. The van der Waals surface area contributed by atoms with Crippen LogP contribution in [-0.2, 0) is 14.3 Å². The topological polar surface area (TPSA) is 84.9 Å². The van der Waals surface area contributed by atoms with Crippen LogP contribution >= 0.6 is 31.9 Å². The van der Waals surface area contributed by atoms with Crippen molar-refractivity contribution in [3.05, 3.63) is 32.3 Å². The Morgan fingerprint density at radius 2 is 1.92 bits per heavy atom. The van der Waals surface area contributed by atoms with Crippen LogP contribution < -0.4 is 10.1 Å². The zero-order chi connectivity index (χ0) is 17.9. The number of carbonyl (C=O) groups is 3. The molecule has 0 atom stereocenters. The van der Waals surface area contributed by atoms with Gasteiger partial charge in [-0.1, -0.05) is 0 Å². The van der Waals surface area contributed by atoms with Crippen LogP contribution in [0.1, 0.15) is 12.5 Å².